The molecule has 0 amide bonds. The zero-order valence-electron chi connectivity index (χ0n) is 14.9. The van der Waals surface area contributed by atoms with Crippen LogP contribution in [-0.4, -0.2) is 33.5 Å². The summed E-state index contributed by atoms with van der Waals surface area (Å²) in [6.45, 7) is 0. The summed E-state index contributed by atoms with van der Waals surface area (Å²) < 4.78 is 21.5. The number of hydrogen-bond donors (Lipinski definition) is 1. The third-order valence-corrected chi connectivity index (χ3v) is 4.47. The number of benzene rings is 2. The SMILES string of the molecule is COc1ccc2c(c1O)CCC=C2c1cc(OC)c(OC)c(OC)c1. The Balaban J connectivity index is 2.16. The Labute approximate surface area is 147 Å². The molecular weight excluding hydrogens is 320 g/mol. The number of phenolic OH excluding ortho intramolecular Hbond substituents is 1. The molecule has 1 N–H and O–H groups in total. The standard InChI is InChI=1S/C20H22O5/c1-22-16-9-8-14-13(6-5-7-15(14)19(16)21)12-10-17(23-2)20(25-4)18(11-12)24-3/h6,8-11,21H,5,7H2,1-4H3. The normalized spacial score (nSPS) is 12.9. The van der Waals surface area contributed by atoms with Crippen LogP contribution in [0.4, 0.5) is 0 Å². The first-order valence-electron chi connectivity index (χ1n) is 8.04. The number of hydrogen-bond acceptors (Lipinski definition) is 5. The topological polar surface area (TPSA) is 57.2 Å². The van der Waals surface area contributed by atoms with E-state index in [9.17, 15) is 5.11 Å². The lowest BCUT2D eigenvalue weighted by atomic mass is 9.86. The minimum atomic E-state index is 0.207. The molecule has 0 unspecified atom stereocenters. The summed E-state index contributed by atoms with van der Waals surface area (Å²) in [7, 11) is 6.34. The van der Waals surface area contributed by atoms with Crippen molar-refractivity contribution in [1.82, 2.24) is 0 Å². The van der Waals surface area contributed by atoms with E-state index in [0.717, 1.165) is 35.1 Å². The van der Waals surface area contributed by atoms with Gasteiger partial charge in [0, 0.05) is 5.56 Å². The van der Waals surface area contributed by atoms with Crippen molar-refractivity contribution in [2.75, 3.05) is 28.4 Å². The van der Waals surface area contributed by atoms with Crippen LogP contribution in [0.3, 0.4) is 0 Å². The fourth-order valence-electron chi connectivity index (χ4n) is 3.27. The van der Waals surface area contributed by atoms with Crippen LogP contribution in [0.25, 0.3) is 5.57 Å². The Hall–Kier alpha value is -2.82. The predicted octanol–water partition coefficient (Wildman–Crippen LogP) is 3.80. The van der Waals surface area contributed by atoms with Crippen LogP contribution in [-0.2, 0) is 6.42 Å². The smallest absolute Gasteiger partial charge is 0.203 e. The quantitative estimate of drug-likeness (QED) is 0.895. The molecule has 0 saturated heterocycles. The van der Waals surface area contributed by atoms with E-state index in [-0.39, 0.29) is 5.75 Å². The van der Waals surface area contributed by atoms with Gasteiger partial charge in [0.15, 0.2) is 23.0 Å². The van der Waals surface area contributed by atoms with Crippen molar-refractivity contribution >= 4 is 5.57 Å². The zero-order valence-corrected chi connectivity index (χ0v) is 14.9. The summed E-state index contributed by atoms with van der Waals surface area (Å²) in [5, 5.41) is 10.5. The Morgan fingerprint density at radius 2 is 1.48 bits per heavy atom. The molecule has 0 bridgehead atoms. The average molecular weight is 342 g/mol. The van der Waals surface area contributed by atoms with E-state index in [2.05, 4.69) is 6.08 Å². The Bertz CT molecular complexity index is 798. The van der Waals surface area contributed by atoms with Crippen molar-refractivity contribution in [3.8, 4) is 28.7 Å². The second kappa shape index (κ2) is 6.97. The van der Waals surface area contributed by atoms with Gasteiger partial charge in [-0.15, -0.1) is 0 Å². The Morgan fingerprint density at radius 3 is 2.04 bits per heavy atom. The third-order valence-electron chi connectivity index (χ3n) is 4.47. The van der Waals surface area contributed by atoms with Crippen molar-refractivity contribution in [3.05, 3.63) is 47.0 Å². The van der Waals surface area contributed by atoms with E-state index in [4.69, 9.17) is 18.9 Å². The van der Waals surface area contributed by atoms with Crippen molar-refractivity contribution in [1.29, 1.82) is 0 Å². The fraction of sp³-hybridized carbons (Fsp3) is 0.300. The molecule has 0 spiro atoms. The highest BCUT2D eigenvalue weighted by Crippen LogP contribution is 2.45. The van der Waals surface area contributed by atoms with Crippen LogP contribution in [0.5, 0.6) is 28.7 Å². The molecule has 1 aliphatic rings. The molecule has 3 rings (SSSR count). The van der Waals surface area contributed by atoms with Gasteiger partial charge in [0.2, 0.25) is 5.75 Å². The second-order valence-corrected chi connectivity index (χ2v) is 5.71. The number of methoxy groups -OCH3 is 4. The average Bonchev–Trinajstić information content (AvgIpc) is 2.66. The van der Waals surface area contributed by atoms with Gasteiger partial charge in [-0.05, 0) is 47.7 Å². The molecule has 0 atom stereocenters. The molecule has 0 radical (unpaired) electrons. The first-order valence-corrected chi connectivity index (χ1v) is 8.04. The van der Waals surface area contributed by atoms with Crippen LogP contribution in [0.2, 0.25) is 0 Å². The molecule has 5 nitrogen and oxygen atoms in total. The van der Waals surface area contributed by atoms with Crippen molar-refractivity contribution < 1.29 is 24.1 Å². The first-order chi connectivity index (χ1) is 12.1. The van der Waals surface area contributed by atoms with Crippen LogP contribution in [0.15, 0.2) is 30.3 Å². The van der Waals surface area contributed by atoms with Crippen LogP contribution < -0.4 is 18.9 Å². The minimum absolute atomic E-state index is 0.207. The molecule has 0 heterocycles. The van der Waals surface area contributed by atoms with Gasteiger partial charge in [0.05, 0.1) is 28.4 Å². The van der Waals surface area contributed by atoms with E-state index >= 15 is 0 Å². The van der Waals surface area contributed by atoms with E-state index in [1.807, 2.05) is 18.2 Å². The van der Waals surface area contributed by atoms with Gasteiger partial charge < -0.3 is 24.1 Å². The Kier molecular flexibility index (Phi) is 4.74. The minimum Gasteiger partial charge on any atom is -0.504 e. The van der Waals surface area contributed by atoms with Crippen LogP contribution >= 0.6 is 0 Å². The van der Waals surface area contributed by atoms with Gasteiger partial charge in [-0.3, -0.25) is 0 Å². The Morgan fingerprint density at radius 1 is 0.840 bits per heavy atom. The van der Waals surface area contributed by atoms with E-state index in [0.29, 0.717) is 23.0 Å². The number of allylic oxidation sites excluding steroid dienone is 1. The number of rotatable bonds is 5. The van der Waals surface area contributed by atoms with Crippen LogP contribution in [0.1, 0.15) is 23.1 Å². The molecular formula is C20H22O5. The van der Waals surface area contributed by atoms with Gasteiger partial charge in [-0.1, -0.05) is 12.1 Å². The lowest BCUT2D eigenvalue weighted by molar-refractivity contribution is 0.324. The van der Waals surface area contributed by atoms with Gasteiger partial charge in [0.1, 0.15) is 0 Å². The van der Waals surface area contributed by atoms with E-state index in [1.165, 1.54) is 0 Å². The van der Waals surface area contributed by atoms with Crippen LogP contribution in [0, 0.1) is 0 Å². The van der Waals surface area contributed by atoms with Crippen molar-refractivity contribution in [2.45, 2.75) is 12.8 Å². The molecule has 2 aromatic rings. The van der Waals surface area contributed by atoms with Gasteiger partial charge >= 0.3 is 0 Å². The summed E-state index contributed by atoms with van der Waals surface area (Å²) in [5.74, 6) is 2.45. The number of aromatic hydroxyl groups is 1. The lowest BCUT2D eigenvalue weighted by Gasteiger charge is -2.22. The zero-order chi connectivity index (χ0) is 18.0. The molecule has 0 fully saturated rings. The predicted molar refractivity (Wildman–Crippen MR) is 96.2 cm³/mol. The van der Waals surface area contributed by atoms with Gasteiger partial charge in [-0.25, -0.2) is 0 Å². The monoisotopic (exact) mass is 342 g/mol. The molecule has 2 aromatic carbocycles. The summed E-state index contributed by atoms with van der Waals surface area (Å²) in [5.41, 5.74) is 3.85. The lowest BCUT2D eigenvalue weighted by Crippen LogP contribution is -2.04. The number of fused-ring (bicyclic) bond motifs is 1. The first kappa shape index (κ1) is 17.0. The molecule has 0 aliphatic heterocycles. The maximum Gasteiger partial charge on any atom is 0.203 e. The molecule has 1 aliphatic carbocycles. The highest BCUT2D eigenvalue weighted by Gasteiger charge is 2.22. The summed E-state index contributed by atoms with van der Waals surface area (Å²) in [6, 6.07) is 7.60. The summed E-state index contributed by atoms with van der Waals surface area (Å²) in [4.78, 5) is 0. The van der Waals surface area contributed by atoms with E-state index < -0.39 is 0 Å². The van der Waals surface area contributed by atoms with Gasteiger partial charge in [0.25, 0.3) is 0 Å². The van der Waals surface area contributed by atoms with Crippen molar-refractivity contribution in [3.63, 3.8) is 0 Å². The third kappa shape index (κ3) is 2.86. The highest BCUT2D eigenvalue weighted by atomic mass is 16.5. The van der Waals surface area contributed by atoms with E-state index in [1.54, 1.807) is 34.5 Å². The maximum atomic E-state index is 10.5. The summed E-state index contributed by atoms with van der Waals surface area (Å²) >= 11 is 0. The number of phenols is 1. The molecule has 5 heteroatoms. The van der Waals surface area contributed by atoms with Gasteiger partial charge in [-0.2, -0.15) is 0 Å². The largest absolute Gasteiger partial charge is 0.504 e. The molecule has 25 heavy (non-hydrogen) atoms. The van der Waals surface area contributed by atoms with Crippen molar-refractivity contribution in [2.24, 2.45) is 0 Å². The number of ether oxygens (including phenoxy) is 4. The molecule has 0 saturated carbocycles. The molecule has 0 aromatic heterocycles. The highest BCUT2D eigenvalue weighted by molar-refractivity contribution is 5.86. The summed E-state index contributed by atoms with van der Waals surface area (Å²) in [6.07, 6.45) is 3.76. The second-order valence-electron chi connectivity index (χ2n) is 5.71. The fourth-order valence-corrected chi connectivity index (χ4v) is 3.27. The maximum absolute atomic E-state index is 10.5. The molecule has 132 valence electrons.